The van der Waals surface area contributed by atoms with Crippen LogP contribution >= 0.6 is 0 Å². The van der Waals surface area contributed by atoms with E-state index >= 15 is 0 Å². The summed E-state index contributed by atoms with van der Waals surface area (Å²) in [5, 5.41) is 18.6. The van der Waals surface area contributed by atoms with Gasteiger partial charge in [-0.1, -0.05) is 48.5 Å². The summed E-state index contributed by atoms with van der Waals surface area (Å²) in [6.07, 6.45) is 2.44. The molecule has 2 aliphatic carbocycles. The highest BCUT2D eigenvalue weighted by Gasteiger charge is 2.33. The number of carboxylic acids is 1. The number of hydrogen-bond acceptors (Lipinski definition) is 5. The van der Waals surface area contributed by atoms with Gasteiger partial charge in [-0.3, -0.25) is 9.48 Å². The minimum absolute atomic E-state index is 0.00766. The van der Waals surface area contributed by atoms with Gasteiger partial charge in [-0.05, 0) is 41.0 Å². The quantitative estimate of drug-likeness (QED) is 0.479. The van der Waals surface area contributed by atoms with E-state index in [0.717, 1.165) is 11.1 Å². The molecular weight excluding hydrogens is 448 g/mol. The van der Waals surface area contributed by atoms with Crippen LogP contribution in [0.3, 0.4) is 0 Å². The first-order valence-electron chi connectivity index (χ1n) is 11.6. The van der Waals surface area contributed by atoms with Gasteiger partial charge in [0.15, 0.2) is 5.82 Å². The van der Waals surface area contributed by atoms with Gasteiger partial charge in [-0.25, -0.2) is 9.59 Å². The molecule has 0 radical (unpaired) electrons. The highest BCUT2D eigenvalue weighted by atomic mass is 16.5. The molecular formula is C26H26N4O5. The summed E-state index contributed by atoms with van der Waals surface area (Å²) >= 11 is 0. The van der Waals surface area contributed by atoms with Crippen LogP contribution < -0.4 is 10.6 Å². The van der Waals surface area contributed by atoms with E-state index in [1.54, 1.807) is 7.05 Å². The molecule has 1 fully saturated rings. The lowest BCUT2D eigenvalue weighted by atomic mass is 9.78. The average molecular weight is 475 g/mol. The van der Waals surface area contributed by atoms with Gasteiger partial charge in [0.1, 0.15) is 12.2 Å². The second-order valence-electron chi connectivity index (χ2n) is 9.13. The third-order valence-corrected chi connectivity index (χ3v) is 6.69. The van der Waals surface area contributed by atoms with E-state index in [0.29, 0.717) is 12.8 Å². The minimum atomic E-state index is -1.15. The number of carboxylic acid groups (broad SMARTS) is 1. The molecule has 1 saturated carbocycles. The number of carbonyl (C=O) groups is 3. The number of alkyl carbamates (subject to hydrolysis) is 1. The summed E-state index contributed by atoms with van der Waals surface area (Å²) in [4.78, 5) is 36.0. The monoisotopic (exact) mass is 474 g/mol. The number of aryl methyl sites for hydroxylation is 1. The molecule has 2 aromatic carbocycles. The van der Waals surface area contributed by atoms with Gasteiger partial charge in [0.25, 0.3) is 0 Å². The Bertz CT molecular complexity index is 1250. The Hall–Kier alpha value is -4.14. The van der Waals surface area contributed by atoms with Crippen molar-refractivity contribution in [2.24, 2.45) is 13.0 Å². The van der Waals surface area contributed by atoms with E-state index in [9.17, 15) is 19.5 Å². The zero-order valence-electron chi connectivity index (χ0n) is 19.2. The fraction of sp³-hybridized carbons (Fsp3) is 0.308. The maximum atomic E-state index is 12.4. The third-order valence-electron chi connectivity index (χ3n) is 6.69. The summed E-state index contributed by atoms with van der Waals surface area (Å²) < 4.78 is 6.93. The van der Waals surface area contributed by atoms with Crippen molar-refractivity contribution in [3.05, 3.63) is 71.4 Å². The molecule has 3 N–H and O–H groups in total. The van der Waals surface area contributed by atoms with Crippen LogP contribution in [-0.2, 0) is 16.6 Å². The number of benzene rings is 2. The lowest BCUT2D eigenvalue weighted by Crippen LogP contribution is -2.45. The normalized spacial score (nSPS) is 18.2. The summed E-state index contributed by atoms with van der Waals surface area (Å²) in [6.45, 7) is 0.258. The van der Waals surface area contributed by atoms with Gasteiger partial charge >= 0.3 is 12.1 Å². The number of amides is 2. The largest absolute Gasteiger partial charge is 0.477 e. The van der Waals surface area contributed by atoms with E-state index in [2.05, 4.69) is 40.0 Å². The zero-order chi connectivity index (χ0) is 24.5. The molecule has 3 aromatic rings. The van der Waals surface area contributed by atoms with E-state index in [1.807, 2.05) is 24.3 Å². The van der Waals surface area contributed by atoms with Crippen molar-refractivity contribution in [2.45, 2.75) is 31.2 Å². The van der Waals surface area contributed by atoms with Crippen LogP contribution in [0.25, 0.3) is 11.1 Å². The fourth-order valence-electron chi connectivity index (χ4n) is 5.01. The van der Waals surface area contributed by atoms with Crippen LogP contribution in [0.5, 0.6) is 0 Å². The molecule has 0 aliphatic heterocycles. The van der Waals surface area contributed by atoms with E-state index in [4.69, 9.17) is 4.74 Å². The Morgan fingerprint density at radius 1 is 1.06 bits per heavy atom. The molecule has 180 valence electrons. The molecule has 1 aromatic heterocycles. The van der Waals surface area contributed by atoms with Gasteiger partial charge in [-0.15, -0.1) is 0 Å². The molecule has 0 unspecified atom stereocenters. The summed E-state index contributed by atoms with van der Waals surface area (Å²) in [6, 6.07) is 16.3. The SMILES string of the molecule is Cn1cc(C(=O)O)c(NC(=O)CC2CC(NC(=O)OCC3c4ccccc4-c4ccccc43)C2)n1. The van der Waals surface area contributed by atoms with Crippen LogP contribution in [0.4, 0.5) is 10.6 Å². The molecule has 0 saturated heterocycles. The molecule has 35 heavy (non-hydrogen) atoms. The van der Waals surface area contributed by atoms with Crippen molar-refractivity contribution in [3.8, 4) is 11.1 Å². The molecule has 9 nitrogen and oxygen atoms in total. The number of nitrogens with one attached hydrogen (secondary N) is 2. The number of nitrogens with zero attached hydrogens (tertiary/aromatic N) is 2. The molecule has 0 bridgehead atoms. The number of anilines is 1. The van der Waals surface area contributed by atoms with Gasteiger partial charge in [0.05, 0.1) is 0 Å². The number of hydrogen-bond donors (Lipinski definition) is 3. The number of carbonyl (C=O) groups excluding carboxylic acids is 2. The summed E-state index contributed by atoms with van der Waals surface area (Å²) in [7, 11) is 1.59. The molecule has 2 aliphatic rings. The summed E-state index contributed by atoms with van der Waals surface area (Å²) in [5.41, 5.74) is 4.63. The maximum Gasteiger partial charge on any atom is 0.407 e. The van der Waals surface area contributed by atoms with E-state index in [1.165, 1.54) is 22.0 Å². The number of aromatic carboxylic acids is 1. The van der Waals surface area contributed by atoms with Crippen molar-refractivity contribution in [1.29, 1.82) is 0 Å². The van der Waals surface area contributed by atoms with Crippen molar-refractivity contribution < 1.29 is 24.2 Å². The van der Waals surface area contributed by atoms with Gasteiger partial charge in [-0.2, -0.15) is 5.10 Å². The van der Waals surface area contributed by atoms with Crippen LogP contribution in [0.2, 0.25) is 0 Å². The average Bonchev–Trinajstić information content (AvgIpc) is 3.33. The van der Waals surface area contributed by atoms with Gasteiger partial charge < -0.3 is 20.5 Å². The standard InChI is InChI=1S/C26H26N4O5/c1-30-13-21(25(32)33)24(29-30)28-23(31)12-15-10-16(11-15)27-26(34)35-14-22-19-8-4-2-6-17(19)18-7-3-5-9-20(18)22/h2-9,13,15-16,22H,10-12,14H2,1H3,(H,27,34)(H,32,33)(H,28,29,31). The van der Waals surface area contributed by atoms with Crippen molar-refractivity contribution in [3.63, 3.8) is 0 Å². The Balaban J connectivity index is 1.08. The van der Waals surface area contributed by atoms with Crippen LogP contribution in [-0.4, -0.2) is 45.5 Å². The number of ether oxygens (including phenoxy) is 1. The van der Waals surface area contributed by atoms with Crippen LogP contribution in [0.1, 0.15) is 46.7 Å². The summed E-state index contributed by atoms with van der Waals surface area (Å²) in [5.74, 6) is -1.29. The first kappa shape index (κ1) is 22.6. The number of aromatic nitrogens is 2. The van der Waals surface area contributed by atoms with E-state index < -0.39 is 12.1 Å². The Labute approximate surface area is 202 Å². The zero-order valence-corrected chi connectivity index (χ0v) is 19.2. The molecule has 1 heterocycles. The highest BCUT2D eigenvalue weighted by Crippen LogP contribution is 2.44. The molecule has 0 atom stereocenters. The predicted octanol–water partition coefficient (Wildman–Crippen LogP) is 3.76. The first-order valence-corrected chi connectivity index (χ1v) is 11.6. The minimum Gasteiger partial charge on any atom is -0.477 e. The Kier molecular flexibility index (Phi) is 5.98. The van der Waals surface area contributed by atoms with Gasteiger partial charge in [0, 0.05) is 31.6 Å². The number of rotatable bonds is 7. The maximum absolute atomic E-state index is 12.4. The Morgan fingerprint density at radius 2 is 1.69 bits per heavy atom. The van der Waals surface area contributed by atoms with Gasteiger partial charge in [0.2, 0.25) is 5.91 Å². The third kappa shape index (κ3) is 4.62. The van der Waals surface area contributed by atoms with Crippen molar-refractivity contribution in [1.82, 2.24) is 15.1 Å². The smallest absolute Gasteiger partial charge is 0.407 e. The van der Waals surface area contributed by atoms with Crippen LogP contribution in [0, 0.1) is 5.92 Å². The molecule has 0 spiro atoms. The second-order valence-corrected chi connectivity index (χ2v) is 9.13. The fourth-order valence-corrected chi connectivity index (χ4v) is 5.01. The Morgan fingerprint density at radius 3 is 2.31 bits per heavy atom. The predicted molar refractivity (Wildman–Crippen MR) is 128 cm³/mol. The number of fused-ring (bicyclic) bond motifs is 3. The molecule has 9 heteroatoms. The van der Waals surface area contributed by atoms with Crippen molar-refractivity contribution >= 4 is 23.8 Å². The van der Waals surface area contributed by atoms with Crippen LogP contribution in [0.15, 0.2) is 54.7 Å². The lowest BCUT2D eigenvalue weighted by molar-refractivity contribution is -0.117. The topological polar surface area (TPSA) is 123 Å². The first-order chi connectivity index (χ1) is 16.9. The molecule has 2 amide bonds. The lowest BCUT2D eigenvalue weighted by Gasteiger charge is -2.35. The highest BCUT2D eigenvalue weighted by molar-refractivity contribution is 5.99. The molecule has 5 rings (SSSR count). The van der Waals surface area contributed by atoms with E-state index in [-0.39, 0.29) is 48.2 Å². The second kappa shape index (κ2) is 9.25. The van der Waals surface area contributed by atoms with Crippen molar-refractivity contribution in [2.75, 3.05) is 11.9 Å².